The molecule has 0 saturated carbocycles. The molecule has 47 valence electrons. The molecule has 0 amide bonds. The van der Waals surface area contributed by atoms with Gasteiger partial charge in [-0.15, -0.1) is 11.8 Å². The summed E-state index contributed by atoms with van der Waals surface area (Å²) in [5.41, 5.74) is 0. The Balaban J connectivity index is 2.94. The van der Waals surface area contributed by atoms with Crippen molar-refractivity contribution < 1.29 is 0 Å². The van der Waals surface area contributed by atoms with Crippen LogP contribution in [-0.2, 0) is 0 Å². The lowest BCUT2D eigenvalue weighted by Crippen LogP contribution is -1.66. The van der Waals surface area contributed by atoms with Gasteiger partial charge in [-0.25, -0.2) is 0 Å². The summed E-state index contributed by atoms with van der Waals surface area (Å²) >= 11 is 4.86. The second-order valence-electron chi connectivity index (χ2n) is 1.60. The molecular weight excluding hydrogens is 196 g/mol. The number of thioether (sulfide) groups is 1. The molecule has 1 rings (SSSR count). The summed E-state index contributed by atoms with van der Waals surface area (Å²) in [6, 6.07) is 8.07. The standard InChI is InChI=1S/C7H6BrS/c1-9-7-4-2-3-6(8)5-7/h2-5H,1H2. The summed E-state index contributed by atoms with van der Waals surface area (Å²) in [5, 5.41) is 0. The van der Waals surface area contributed by atoms with Crippen LogP contribution >= 0.6 is 27.7 Å². The van der Waals surface area contributed by atoms with Crippen LogP contribution in [0.15, 0.2) is 33.6 Å². The van der Waals surface area contributed by atoms with Crippen molar-refractivity contribution in [2.45, 2.75) is 4.90 Å². The van der Waals surface area contributed by atoms with E-state index in [2.05, 4.69) is 22.2 Å². The van der Waals surface area contributed by atoms with Crippen molar-refractivity contribution in [3.05, 3.63) is 35.0 Å². The van der Waals surface area contributed by atoms with E-state index in [-0.39, 0.29) is 0 Å². The van der Waals surface area contributed by atoms with E-state index in [1.807, 2.05) is 24.3 Å². The largest absolute Gasteiger partial charge is 0.125 e. The quantitative estimate of drug-likeness (QED) is 0.629. The van der Waals surface area contributed by atoms with Gasteiger partial charge in [-0.2, -0.15) is 0 Å². The Labute approximate surface area is 67.8 Å². The van der Waals surface area contributed by atoms with Gasteiger partial charge >= 0.3 is 0 Å². The third kappa shape index (κ3) is 2.03. The topological polar surface area (TPSA) is 0 Å². The predicted octanol–water partition coefficient (Wildman–Crippen LogP) is 3.33. The van der Waals surface area contributed by atoms with E-state index in [0.717, 1.165) is 4.47 Å². The fourth-order valence-electron chi connectivity index (χ4n) is 0.557. The van der Waals surface area contributed by atoms with Crippen LogP contribution in [0, 0.1) is 6.26 Å². The highest BCUT2D eigenvalue weighted by atomic mass is 79.9. The van der Waals surface area contributed by atoms with Crippen molar-refractivity contribution >= 4 is 27.7 Å². The van der Waals surface area contributed by atoms with E-state index in [0.29, 0.717) is 0 Å². The zero-order valence-corrected chi connectivity index (χ0v) is 7.21. The SMILES string of the molecule is [CH2]Sc1cccc(Br)c1. The summed E-state index contributed by atoms with van der Waals surface area (Å²) < 4.78 is 1.11. The van der Waals surface area contributed by atoms with Gasteiger partial charge in [0.15, 0.2) is 0 Å². The molecule has 1 radical (unpaired) electrons. The fraction of sp³-hybridized carbons (Fsp3) is 0. The highest BCUT2D eigenvalue weighted by Gasteiger charge is 1.87. The molecule has 0 aromatic heterocycles. The molecule has 0 aliphatic carbocycles. The third-order valence-electron chi connectivity index (χ3n) is 0.963. The molecule has 0 atom stereocenters. The van der Waals surface area contributed by atoms with Crippen molar-refractivity contribution in [3.8, 4) is 0 Å². The molecule has 0 bridgehead atoms. The van der Waals surface area contributed by atoms with Crippen LogP contribution in [-0.4, -0.2) is 0 Å². The summed E-state index contributed by atoms with van der Waals surface area (Å²) in [7, 11) is 0. The number of benzene rings is 1. The van der Waals surface area contributed by atoms with Crippen LogP contribution in [0.25, 0.3) is 0 Å². The first-order valence-corrected chi connectivity index (χ1v) is 4.28. The van der Waals surface area contributed by atoms with Gasteiger partial charge in [-0.1, -0.05) is 22.0 Å². The minimum atomic E-state index is 1.11. The molecule has 0 aliphatic heterocycles. The van der Waals surface area contributed by atoms with E-state index in [1.54, 1.807) is 0 Å². The molecule has 0 saturated heterocycles. The van der Waals surface area contributed by atoms with Crippen molar-refractivity contribution in [1.82, 2.24) is 0 Å². The number of hydrogen-bond acceptors (Lipinski definition) is 1. The molecule has 1 aromatic rings. The molecule has 2 heteroatoms. The third-order valence-corrected chi connectivity index (χ3v) is 2.04. The molecule has 9 heavy (non-hydrogen) atoms. The zero-order chi connectivity index (χ0) is 6.69. The lowest BCUT2D eigenvalue weighted by Gasteiger charge is -1.93. The lowest BCUT2D eigenvalue weighted by molar-refractivity contribution is 1.44. The normalized spacial score (nSPS) is 9.56. The maximum Gasteiger partial charge on any atom is 0.0186 e. The number of halogens is 1. The van der Waals surface area contributed by atoms with E-state index in [4.69, 9.17) is 0 Å². The Hall–Kier alpha value is 0.0500. The van der Waals surface area contributed by atoms with Crippen LogP contribution in [0.1, 0.15) is 0 Å². The van der Waals surface area contributed by atoms with E-state index in [9.17, 15) is 0 Å². The van der Waals surface area contributed by atoms with Gasteiger partial charge in [-0.05, 0) is 18.2 Å². The first-order chi connectivity index (χ1) is 4.33. The first-order valence-electron chi connectivity index (χ1n) is 2.50. The van der Waals surface area contributed by atoms with Gasteiger partial charge in [0.1, 0.15) is 0 Å². The zero-order valence-electron chi connectivity index (χ0n) is 4.80. The van der Waals surface area contributed by atoms with Crippen molar-refractivity contribution in [2.75, 3.05) is 0 Å². The minimum Gasteiger partial charge on any atom is -0.125 e. The maximum absolute atomic E-state index is 3.69. The van der Waals surface area contributed by atoms with Gasteiger partial charge < -0.3 is 0 Å². The molecule has 0 unspecified atom stereocenters. The van der Waals surface area contributed by atoms with Crippen LogP contribution in [0.2, 0.25) is 0 Å². The molecule has 0 heterocycles. The van der Waals surface area contributed by atoms with Gasteiger partial charge in [0, 0.05) is 15.6 Å². The average Bonchev–Trinajstić information content (AvgIpc) is 1.88. The Kier molecular flexibility index (Phi) is 2.61. The van der Waals surface area contributed by atoms with Crippen LogP contribution in [0.3, 0.4) is 0 Å². The van der Waals surface area contributed by atoms with Crippen molar-refractivity contribution in [3.63, 3.8) is 0 Å². The molecule has 0 fully saturated rings. The first kappa shape index (κ1) is 7.16. The summed E-state index contributed by atoms with van der Waals surface area (Å²) in [6.45, 7) is 0. The van der Waals surface area contributed by atoms with Crippen LogP contribution in [0.4, 0.5) is 0 Å². The van der Waals surface area contributed by atoms with Crippen LogP contribution in [0.5, 0.6) is 0 Å². The number of hydrogen-bond donors (Lipinski definition) is 0. The highest BCUT2D eigenvalue weighted by molar-refractivity contribution is 9.10. The Morgan fingerprint density at radius 3 is 2.67 bits per heavy atom. The van der Waals surface area contributed by atoms with Crippen molar-refractivity contribution in [1.29, 1.82) is 0 Å². The van der Waals surface area contributed by atoms with E-state index in [1.165, 1.54) is 16.7 Å². The average molecular weight is 202 g/mol. The lowest BCUT2D eigenvalue weighted by atomic mass is 10.4. The van der Waals surface area contributed by atoms with E-state index < -0.39 is 0 Å². The monoisotopic (exact) mass is 201 g/mol. The van der Waals surface area contributed by atoms with E-state index >= 15 is 0 Å². The predicted molar refractivity (Wildman–Crippen MR) is 45.4 cm³/mol. The van der Waals surface area contributed by atoms with Gasteiger partial charge in [0.2, 0.25) is 0 Å². The molecular formula is C7H6BrS. The Morgan fingerprint density at radius 1 is 1.44 bits per heavy atom. The number of rotatable bonds is 1. The second-order valence-corrected chi connectivity index (χ2v) is 3.28. The molecule has 0 aliphatic rings. The molecule has 0 nitrogen and oxygen atoms in total. The smallest absolute Gasteiger partial charge is 0.0186 e. The molecule has 1 aromatic carbocycles. The van der Waals surface area contributed by atoms with Crippen molar-refractivity contribution in [2.24, 2.45) is 0 Å². The summed E-state index contributed by atoms with van der Waals surface area (Å²) in [6.07, 6.45) is 3.69. The van der Waals surface area contributed by atoms with Crippen LogP contribution < -0.4 is 0 Å². The summed E-state index contributed by atoms with van der Waals surface area (Å²) in [4.78, 5) is 1.18. The minimum absolute atomic E-state index is 1.11. The van der Waals surface area contributed by atoms with Gasteiger partial charge in [-0.3, -0.25) is 0 Å². The second kappa shape index (κ2) is 3.28. The summed E-state index contributed by atoms with van der Waals surface area (Å²) in [5.74, 6) is 0. The molecule has 0 N–H and O–H groups in total. The highest BCUT2D eigenvalue weighted by Crippen LogP contribution is 2.19. The Bertz CT molecular complexity index is 198. The fourth-order valence-corrected chi connectivity index (χ4v) is 1.49. The van der Waals surface area contributed by atoms with Gasteiger partial charge in [0.25, 0.3) is 0 Å². The molecule has 0 spiro atoms. The Morgan fingerprint density at radius 2 is 2.22 bits per heavy atom. The maximum atomic E-state index is 3.69. The van der Waals surface area contributed by atoms with Gasteiger partial charge in [0.05, 0.1) is 0 Å².